The molecule has 1 N–H and O–H groups in total. The lowest BCUT2D eigenvalue weighted by Gasteiger charge is -2.34. The van der Waals surface area contributed by atoms with E-state index in [0.29, 0.717) is 29.7 Å². The highest BCUT2D eigenvalue weighted by Crippen LogP contribution is 2.35. The SMILES string of the molecule is Cl.O=c1ccc2ncc(=O)n3c2n1CC3CN1CCC(NCc2cc3c(cn2)OCS3)CC1. The second-order valence-electron chi connectivity index (χ2n) is 8.60. The van der Waals surface area contributed by atoms with Crippen molar-refractivity contribution in [2.45, 2.75) is 42.9 Å². The zero-order chi connectivity index (χ0) is 21.7. The lowest BCUT2D eigenvalue weighted by atomic mass is 10.0. The molecule has 9 nitrogen and oxygen atoms in total. The molecule has 3 aromatic heterocycles. The summed E-state index contributed by atoms with van der Waals surface area (Å²) in [6.07, 6.45) is 5.27. The quantitative estimate of drug-likeness (QED) is 0.579. The predicted molar refractivity (Wildman–Crippen MR) is 128 cm³/mol. The second kappa shape index (κ2) is 9.09. The Morgan fingerprint density at radius 3 is 2.82 bits per heavy atom. The molecule has 1 atom stereocenters. The van der Waals surface area contributed by atoms with Crippen molar-refractivity contribution in [2.24, 2.45) is 0 Å². The monoisotopic (exact) mass is 488 g/mol. The van der Waals surface area contributed by atoms with Crippen LogP contribution in [0.4, 0.5) is 0 Å². The van der Waals surface area contributed by atoms with E-state index in [4.69, 9.17) is 4.74 Å². The summed E-state index contributed by atoms with van der Waals surface area (Å²) in [6, 6.07) is 5.75. The molecule has 11 heteroatoms. The molecule has 0 saturated carbocycles. The summed E-state index contributed by atoms with van der Waals surface area (Å²) in [5.41, 5.74) is 2.17. The van der Waals surface area contributed by atoms with E-state index in [2.05, 4.69) is 26.3 Å². The van der Waals surface area contributed by atoms with Crippen LogP contribution in [0.1, 0.15) is 24.6 Å². The molecule has 6 heterocycles. The topological polar surface area (TPSA) is 94.3 Å². The van der Waals surface area contributed by atoms with Gasteiger partial charge in [0.1, 0.15) is 17.1 Å². The maximum Gasteiger partial charge on any atom is 0.270 e. The van der Waals surface area contributed by atoms with Crippen molar-refractivity contribution >= 4 is 35.3 Å². The van der Waals surface area contributed by atoms with Gasteiger partial charge in [0.25, 0.3) is 11.1 Å². The molecule has 0 amide bonds. The Balaban J connectivity index is 0.00000228. The molecular weight excluding hydrogens is 464 g/mol. The van der Waals surface area contributed by atoms with E-state index >= 15 is 0 Å². The summed E-state index contributed by atoms with van der Waals surface area (Å²) < 4.78 is 8.95. The third-order valence-electron chi connectivity index (χ3n) is 6.62. The fraction of sp³-hybridized carbons (Fsp3) is 0.455. The lowest BCUT2D eigenvalue weighted by molar-refractivity contribution is 0.171. The summed E-state index contributed by atoms with van der Waals surface area (Å²) in [5.74, 6) is 1.55. The fourth-order valence-electron chi connectivity index (χ4n) is 4.97. The molecule has 174 valence electrons. The Hall–Kier alpha value is -2.40. The van der Waals surface area contributed by atoms with Crippen LogP contribution in [0.2, 0.25) is 0 Å². The first kappa shape index (κ1) is 22.4. The number of thioether (sulfide) groups is 1. The normalized spacial score (nSPS) is 19.9. The van der Waals surface area contributed by atoms with Crippen molar-refractivity contribution in [3.8, 4) is 5.75 Å². The van der Waals surface area contributed by atoms with Crippen molar-refractivity contribution in [1.82, 2.24) is 29.3 Å². The standard InChI is InChI=1S/C22H24N6O3S.ClH/c29-20-2-1-17-22-27(20)12-16(28(22)21(30)10-25-17)11-26-5-3-14(4-6-26)23-8-15-7-19-18(9-24-15)31-13-32-19;/h1-2,7,9-10,14,16,23H,3-6,8,11-13H2;1H. The lowest BCUT2D eigenvalue weighted by Crippen LogP contribution is -2.44. The van der Waals surface area contributed by atoms with Gasteiger partial charge in [0.2, 0.25) is 0 Å². The van der Waals surface area contributed by atoms with Gasteiger partial charge in [-0.25, -0.2) is 4.98 Å². The number of piperidine rings is 1. The van der Waals surface area contributed by atoms with E-state index in [1.54, 1.807) is 27.0 Å². The van der Waals surface area contributed by atoms with Crippen LogP contribution in [0.25, 0.3) is 11.2 Å². The van der Waals surface area contributed by atoms with Crippen molar-refractivity contribution in [3.05, 3.63) is 57.0 Å². The van der Waals surface area contributed by atoms with E-state index in [-0.39, 0.29) is 29.6 Å². The van der Waals surface area contributed by atoms with Crippen LogP contribution in [0.5, 0.6) is 5.75 Å². The summed E-state index contributed by atoms with van der Waals surface area (Å²) in [4.78, 5) is 37.1. The molecule has 33 heavy (non-hydrogen) atoms. The number of likely N-dealkylation sites (tertiary alicyclic amines) is 1. The summed E-state index contributed by atoms with van der Waals surface area (Å²) in [6.45, 7) is 3.97. The Morgan fingerprint density at radius 1 is 1.12 bits per heavy atom. The minimum absolute atomic E-state index is 0. The van der Waals surface area contributed by atoms with Gasteiger partial charge in [0.05, 0.1) is 29.0 Å². The van der Waals surface area contributed by atoms with Crippen molar-refractivity contribution in [3.63, 3.8) is 0 Å². The molecule has 0 radical (unpaired) electrons. The molecule has 1 unspecified atom stereocenters. The van der Waals surface area contributed by atoms with E-state index in [9.17, 15) is 9.59 Å². The highest BCUT2D eigenvalue weighted by Gasteiger charge is 2.29. The Bertz CT molecular complexity index is 1300. The van der Waals surface area contributed by atoms with E-state index in [1.165, 1.54) is 17.2 Å². The molecule has 1 fully saturated rings. The molecule has 0 bridgehead atoms. The maximum absolute atomic E-state index is 12.5. The Kier molecular flexibility index (Phi) is 6.17. The summed E-state index contributed by atoms with van der Waals surface area (Å²) in [7, 11) is 0. The second-order valence-corrected chi connectivity index (χ2v) is 9.56. The number of hydrogen-bond donors (Lipinski definition) is 1. The first-order valence-corrected chi connectivity index (χ1v) is 12.0. The maximum atomic E-state index is 12.5. The fourth-order valence-corrected chi connectivity index (χ4v) is 5.76. The van der Waals surface area contributed by atoms with Gasteiger partial charge in [-0.05, 0) is 38.1 Å². The first-order chi connectivity index (χ1) is 15.7. The number of rotatable bonds is 5. The van der Waals surface area contributed by atoms with Gasteiger partial charge in [-0.2, -0.15) is 0 Å². The Labute approximate surface area is 200 Å². The summed E-state index contributed by atoms with van der Waals surface area (Å²) >= 11 is 1.71. The molecule has 1 saturated heterocycles. The highest BCUT2D eigenvalue weighted by atomic mass is 35.5. The molecule has 0 spiro atoms. The van der Waals surface area contributed by atoms with E-state index in [0.717, 1.165) is 50.5 Å². The van der Waals surface area contributed by atoms with Crippen LogP contribution >= 0.6 is 24.2 Å². The van der Waals surface area contributed by atoms with Crippen LogP contribution in [-0.2, 0) is 13.1 Å². The predicted octanol–water partition coefficient (Wildman–Crippen LogP) is 1.63. The number of fused-ring (bicyclic) bond motifs is 1. The molecule has 3 aromatic rings. The van der Waals surface area contributed by atoms with Crippen molar-refractivity contribution in [2.75, 3.05) is 25.6 Å². The minimum atomic E-state index is -0.138. The average molecular weight is 489 g/mol. The number of halogens is 1. The van der Waals surface area contributed by atoms with Gasteiger partial charge < -0.3 is 15.0 Å². The number of aromatic nitrogens is 4. The van der Waals surface area contributed by atoms with Crippen LogP contribution in [-0.4, -0.2) is 55.6 Å². The largest absolute Gasteiger partial charge is 0.480 e. The zero-order valence-corrected chi connectivity index (χ0v) is 19.6. The number of pyridine rings is 2. The number of ether oxygens (including phenoxy) is 1. The average Bonchev–Trinajstić information content (AvgIpc) is 3.43. The Morgan fingerprint density at radius 2 is 1.97 bits per heavy atom. The number of nitrogens with one attached hydrogen (secondary N) is 1. The van der Waals surface area contributed by atoms with Gasteiger partial charge in [-0.15, -0.1) is 12.4 Å². The van der Waals surface area contributed by atoms with Gasteiger partial charge in [-0.1, -0.05) is 11.8 Å². The summed E-state index contributed by atoms with van der Waals surface area (Å²) in [5, 5.41) is 3.64. The van der Waals surface area contributed by atoms with E-state index < -0.39 is 0 Å². The number of nitrogens with zero attached hydrogens (tertiary/aromatic N) is 5. The third kappa shape index (κ3) is 4.16. The zero-order valence-electron chi connectivity index (χ0n) is 18.0. The molecule has 3 aliphatic heterocycles. The van der Waals surface area contributed by atoms with Crippen LogP contribution in [0.15, 0.2) is 45.1 Å². The molecule has 3 aliphatic rings. The van der Waals surface area contributed by atoms with Crippen molar-refractivity contribution in [1.29, 1.82) is 0 Å². The first-order valence-electron chi connectivity index (χ1n) is 11.0. The van der Waals surface area contributed by atoms with Gasteiger partial charge >= 0.3 is 0 Å². The smallest absolute Gasteiger partial charge is 0.270 e. The van der Waals surface area contributed by atoms with E-state index in [1.807, 2.05) is 6.20 Å². The molecule has 0 aliphatic carbocycles. The molecule has 6 rings (SSSR count). The van der Waals surface area contributed by atoms with Crippen LogP contribution < -0.4 is 21.2 Å². The van der Waals surface area contributed by atoms with Gasteiger partial charge in [0.15, 0.2) is 5.75 Å². The van der Waals surface area contributed by atoms with Crippen LogP contribution in [0.3, 0.4) is 0 Å². The molecular formula is C22H25ClN6O3S. The van der Waals surface area contributed by atoms with Crippen LogP contribution in [0, 0.1) is 0 Å². The molecule has 0 aromatic carbocycles. The minimum Gasteiger partial charge on any atom is -0.480 e. The third-order valence-corrected chi connectivity index (χ3v) is 7.48. The van der Waals surface area contributed by atoms with Gasteiger partial charge in [-0.3, -0.25) is 23.7 Å². The van der Waals surface area contributed by atoms with Crippen molar-refractivity contribution < 1.29 is 4.74 Å². The van der Waals surface area contributed by atoms with Gasteiger partial charge in [0, 0.05) is 31.7 Å². The number of hydrogen-bond acceptors (Lipinski definition) is 8. The highest BCUT2D eigenvalue weighted by molar-refractivity contribution is 7.99.